The van der Waals surface area contributed by atoms with Crippen LogP contribution in [0.4, 0.5) is 0 Å². The first kappa shape index (κ1) is 15.0. The molecule has 4 heteroatoms. The molecular weight excluding hydrogens is 270 g/mol. The van der Waals surface area contributed by atoms with E-state index in [4.69, 9.17) is 5.11 Å². The molecule has 0 aliphatic carbocycles. The Morgan fingerprint density at radius 3 is 3.10 bits per heavy atom. The lowest BCUT2D eigenvalue weighted by atomic mass is 10.1. The molecule has 1 heterocycles. The predicted molar refractivity (Wildman–Crippen MR) is 82.8 cm³/mol. The van der Waals surface area contributed by atoms with Crippen molar-refractivity contribution in [2.75, 3.05) is 25.2 Å². The molecule has 2 rings (SSSR count). The molecule has 1 amide bonds. The van der Waals surface area contributed by atoms with Crippen LogP contribution in [0.5, 0.6) is 0 Å². The van der Waals surface area contributed by atoms with Gasteiger partial charge < -0.3 is 10.0 Å². The van der Waals surface area contributed by atoms with Gasteiger partial charge in [-0.05, 0) is 30.4 Å². The van der Waals surface area contributed by atoms with E-state index in [0.717, 1.165) is 23.5 Å². The maximum Gasteiger partial charge on any atom is 0.253 e. The monoisotopic (exact) mass is 289 g/mol. The molecule has 0 saturated carbocycles. The van der Waals surface area contributed by atoms with Crippen molar-refractivity contribution in [2.45, 2.75) is 18.9 Å². The van der Waals surface area contributed by atoms with Crippen LogP contribution in [0.3, 0.4) is 0 Å². The van der Waals surface area contributed by atoms with Crippen LogP contribution in [0.15, 0.2) is 24.3 Å². The summed E-state index contributed by atoms with van der Waals surface area (Å²) in [5, 5.41) is 8.72. The van der Waals surface area contributed by atoms with Crippen LogP contribution in [0.2, 0.25) is 0 Å². The first-order chi connectivity index (χ1) is 9.72. The number of aliphatic hydroxyl groups is 1. The molecule has 0 radical (unpaired) electrons. The summed E-state index contributed by atoms with van der Waals surface area (Å²) in [6.07, 6.45) is 1.53. The standard InChI is InChI=1S/C16H19NO2S/c1-17(15-8-10-20-12-15)16(19)14-7-4-6-13(11-14)5-2-3-9-18/h4,6-7,11,15,18H,3,8-10,12H2,1H3. The zero-order chi connectivity index (χ0) is 14.4. The average Bonchev–Trinajstić information content (AvgIpc) is 3.00. The van der Waals surface area contributed by atoms with E-state index in [2.05, 4.69) is 11.8 Å². The lowest BCUT2D eigenvalue weighted by Gasteiger charge is -2.23. The minimum absolute atomic E-state index is 0.0586. The number of benzene rings is 1. The minimum atomic E-state index is 0.0586. The maximum atomic E-state index is 12.4. The van der Waals surface area contributed by atoms with Gasteiger partial charge in [-0.2, -0.15) is 11.8 Å². The van der Waals surface area contributed by atoms with Gasteiger partial charge in [-0.3, -0.25) is 4.79 Å². The van der Waals surface area contributed by atoms with Gasteiger partial charge >= 0.3 is 0 Å². The van der Waals surface area contributed by atoms with Crippen LogP contribution < -0.4 is 0 Å². The summed E-state index contributed by atoms with van der Waals surface area (Å²) in [6.45, 7) is 0.0632. The van der Waals surface area contributed by atoms with Gasteiger partial charge in [-0.15, -0.1) is 0 Å². The van der Waals surface area contributed by atoms with Crippen molar-refractivity contribution in [1.29, 1.82) is 0 Å². The summed E-state index contributed by atoms with van der Waals surface area (Å²) in [5.41, 5.74) is 1.50. The quantitative estimate of drug-likeness (QED) is 0.865. The summed E-state index contributed by atoms with van der Waals surface area (Å²) in [4.78, 5) is 14.3. The van der Waals surface area contributed by atoms with Crippen LogP contribution >= 0.6 is 11.8 Å². The highest BCUT2D eigenvalue weighted by Gasteiger charge is 2.24. The summed E-state index contributed by atoms with van der Waals surface area (Å²) < 4.78 is 0. The number of carbonyl (C=O) groups excluding carboxylic acids is 1. The summed E-state index contributed by atoms with van der Waals surface area (Å²) in [6, 6.07) is 7.74. The highest BCUT2D eigenvalue weighted by Crippen LogP contribution is 2.22. The third kappa shape index (κ3) is 3.78. The van der Waals surface area contributed by atoms with Crippen molar-refractivity contribution in [3.05, 3.63) is 35.4 Å². The van der Waals surface area contributed by atoms with E-state index in [9.17, 15) is 4.79 Å². The van der Waals surface area contributed by atoms with Crippen LogP contribution in [-0.4, -0.2) is 47.1 Å². The maximum absolute atomic E-state index is 12.4. The van der Waals surface area contributed by atoms with Gasteiger partial charge in [-0.1, -0.05) is 17.9 Å². The van der Waals surface area contributed by atoms with Crippen LogP contribution in [-0.2, 0) is 0 Å². The van der Waals surface area contributed by atoms with Gasteiger partial charge in [0.25, 0.3) is 5.91 Å². The van der Waals surface area contributed by atoms with E-state index < -0.39 is 0 Å². The molecule has 0 spiro atoms. The molecule has 1 aliphatic heterocycles. The Morgan fingerprint density at radius 2 is 2.40 bits per heavy atom. The van der Waals surface area contributed by atoms with Crippen molar-refractivity contribution >= 4 is 17.7 Å². The minimum Gasteiger partial charge on any atom is -0.395 e. The molecule has 1 saturated heterocycles. The molecule has 20 heavy (non-hydrogen) atoms. The Morgan fingerprint density at radius 1 is 1.55 bits per heavy atom. The second-order valence-electron chi connectivity index (χ2n) is 4.79. The van der Waals surface area contributed by atoms with E-state index >= 15 is 0 Å². The molecule has 1 atom stereocenters. The number of aliphatic hydroxyl groups excluding tert-OH is 1. The fourth-order valence-corrected chi connectivity index (χ4v) is 3.42. The van der Waals surface area contributed by atoms with Gasteiger partial charge in [0.1, 0.15) is 0 Å². The molecule has 1 aromatic carbocycles. The van der Waals surface area contributed by atoms with E-state index in [1.54, 1.807) is 0 Å². The fourth-order valence-electron chi connectivity index (χ4n) is 2.15. The smallest absolute Gasteiger partial charge is 0.253 e. The molecule has 1 fully saturated rings. The normalized spacial score (nSPS) is 17.4. The van der Waals surface area contributed by atoms with Crippen molar-refractivity contribution in [1.82, 2.24) is 4.90 Å². The van der Waals surface area contributed by atoms with Gasteiger partial charge in [0.2, 0.25) is 0 Å². The average molecular weight is 289 g/mol. The highest BCUT2D eigenvalue weighted by atomic mass is 32.2. The van der Waals surface area contributed by atoms with Gasteiger partial charge in [-0.25, -0.2) is 0 Å². The Hall–Kier alpha value is -1.44. The first-order valence-corrected chi connectivity index (χ1v) is 7.92. The van der Waals surface area contributed by atoms with Gasteiger partial charge in [0.05, 0.1) is 6.61 Å². The molecule has 1 aliphatic rings. The van der Waals surface area contributed by atoms with Crippen LogP contribution in [0.1, 0.15) is 28.8 Å². The third-order valence-electron chi connectivity index (χ3n) is 3.35. The number of nitrogens with zero attached hydrogens (tertiary/aromatic N) is 1. The Kier molecular flexibility index (Phi) is 5.51. The predicted octanol–water partition coefficient (Wildman–Crippen LogP) is 2.00. The largest absolute Gasteiger partial charge is 0.395 e. The second kappa shape index (κ2) is 7.37. The molecular formula is C16H19NO2S. The summed E-state index contributed by atoms with van der Waals surface area (Å²) >= 11 is 1.90. The number of amides is 1. The van der Waals surface area contributed by atoms with Crippen LogP contribution in [0.25, 0.3) is 0 Å². The molecule has 1 aromatic rings. The Bertz CT molecular complexity index is 527. The van der Waals surface area contributed by atoms with Gasteiger partial charge in [0, 0.05) is 36.4 Å². The SMILES string of the molecule is CN(C(=O)c1cccc(C#CCCO)c1)C1CCSC1. The molecule has 0 aromatic heterocycles. The fraction of sp³-hybridized carbons (Fsp3) is 0.438. The number of hydrogen-bond acceptors (Lipinski definition) is 3. The summed E-state index contributed by atoms with van der Waals surface area (Å²) in [5.74, 6) is 8.06. The number of thioether (sulfide) groups is 1. The summed E-state index contributed by atoms with van der Waals surface area (Å²) in [7, 11) is 1.88. The zero-order valence-corrected chi connectivity index (χ0v) is 12.4. The van der Waals surface area contributed by atoms with Crippen molar-refractivity contribution in [3.63, 3.8) is 0 Å². The van der Waals surface area contributed by atoms with Crippen molar-refractivity contribution in [2.24, 2.45) is 0 Å². The second-order valence-corrected chi connectivity index (χ2v) is 5.94. The Labute approximate surface area is 124 Å². The number of hydrogen-bond donors (Lipinski definition) is 1. The van der Waals surface area contributed by atoms with E-state index in [0.29, 0.717) is 18.0 Å². The van der Waals surface area contributed by atoms with E-state index in [1.165, 1.54) is 0 Å². The van der Waals surface area contributed by atoms with Crippen molar-refractivity contribution < 1.29 is 9.90 Å². The van der Waals surface area contributed by atoms with Crippen molar-refractivity contribution in [3.8, 4) is 11.8 Å². The zero-order valence-electron chi connectivity index (χ0n) is 11.6. The lowest BCUT2D eigenvalue weighted by Crippen LogP contribution is -2.36. The van der Waals surface area contributed by atoms with Gasteiger partial charge in [0.15, 0.2) is 0 Å². The third-order valence-corrected chi connectivity index (χ3v) is 4.50. The number of rotatable bonds is 3. The molecule has 0 bridgehead atoms. The molecule has 1 N–H and O–H groups in total. The van der Waals surface area contributed by atoms with E-state index in [1.807, 2.05) is 48.0 Å². The topological polar surface area (TPSA) is 40.5 Å². The number of carbonyl (C=O) groups is 1. The van der Waals surface area contributed by atoms with E-state index in [-0.39, 0.29) is 12.5 Å². The van der Waals surface area contributed by atoms with Crippen LogP contribution in [0, 0.1) is 11.8 Å². The highest BCUT2D eigenvalue weighted by molar-refractivity contribution is 7.99. The molecule has 1 unspecified atom stereocenters. The lowest BCUT2D eigenvalue weighted by molar-refractivity contribution is 0.0748. The molecule has 106 valence electrons. The first-order valence-electron chi connectivity index (χ1n) is 6.77. The Balaban J connectivity index is 2.10. The molecule has 3 nitrogen and oxygen atoms in total.